The molecule has 192 valence electrons. The molecule has 8 nitrogen and oxygen atoms in total. The van der Waals surface area contributed by atoms with Gasteiger partial charge in [0.1, 0.15) is 18.3 Å². The number of anilines is 1. The predicted octanol–water partition coefficient (Wildman–Crippen LogP) is 4.10. The lowest BCUT2D eigenvalue weighted by Crippen LogP contribution is -2.52. The molecule has 11 heteroatoms. The molecule has 0 bridgehead atoms. The van der Waals surface area contributed by atoms with Gasteiger partial charge in [-0.05, 0) is 57.5 Å². The molecule has 0 unspecified atom stereocenters. The van der Waals surface area contributed by atoms with Crippen LogP contribution in [0.2, 0.25) is 10.0 Å². The molecule has 0 aliphatic heterocycles. The van der Waals surface area contributed by atoms with Crippen molar-refractivity contribution < 1.29 is 22.7 Å². The molecule has 0 fully saturated rings. The van der Waals surface area contributed by atoms with E-state index in [9.17, 15) is 18.0 Å². The van der Waals surface area contributed by atoms with Crippen LogP contribution in [-0.2, 0) is 26.2 Å². The number of nitrogens with zero attached hydrogens (tertiary/aromatic N) is 2. The monoisotopic (exact) mass is 543 g/mol. The number of benzene rings is 2. The Labute approximate surface area is 217 Å². The van der Waals surface area contributed by atoms with Crippen LogP contribution in [-0.4, -0.2) is 56.6 Å². The molecule has 35 heavy (non-hydrogen) atoms. The number of amides is 2. The lowest BCUT2D eigenvalue weighted by molar-refractivity contribution is -0.139. The highest BCUT2D eigenvalue weighted by atomic mass is 35.5. The van der Waals surface area contributed by atoms with E-state index in [1.807, 2.05) is 13.8 Å². The molecule has 0 aliphatic rings. The maximum atomic E-state index is 13.6. The second kappa shape index (κ2) is 12.5. The van der Waals surface area contributed by atoms with Crippen LogP contribution in [0.25, 0.3) is 0 Å². The van der Waals surface area contributed by atoms with Gasteiger partial charge in [-0.15, -0.1) is 0 Å². The molecule has 2 aromatic rings. The molecule has 0 aromatic heterocycles. The Hall–Kier alpha value is -2.49. The largest absolute Gasteiger partial charge is 0.492 e. The van der Waals surface area contributed by atoms with Crippen molar-refractivity contribution in [3.8, 4) is 5.75 Å². The van der Waals surface area contributed by atoms with Gasteiger partial charge in [-0.25, -0.2) is 8.42 Å². The summed E-state index contributed by atoms with van der Waals surface area (Å²) in [6, 6.07) is 10.4. The van der Waals surface area contributed by atoms with Gasteiger partial charge in [0.25, 0.3) is 0 Å². The van der Waals surface area contributed by atoms with Gasteiger partial charge in [-0.2, -0.15) is 0 Å². The minimum absolute atomic E-state index is 0.0209. The number of nitrogens with one attached hydrogen (secondary N) is 1. The summed E-state index contributed by atoms with van der Waals surface area (Å²) >= 11 is 12.2. The van der Waals surface area contributed by atoms with Crippen molar-refractivity contribution in [1.82, 2.24) is 10.2 Å². The number of hydrogen-bond donors (Lipinski definition) is 1. The number of rotatable bonds is 11. The molecule has 1 N–H and O–H groups in total. The van der Waals surface area contributed by atoms with Gasteiger partial charge in [0, 0.05) is 12.6 Å². The van der Waals surface area contributed by atoms with Gasteiger partial charge in [-0.3, -0.25) is 13.9 Å². The second-order valence-corrected chi connectivity index (χ2v) is 11.0. The predicted molar refractivity (Wildman–Crippen MR) is 140 cm³/mol. The van der Waals surface area contributed by atoms with Crippen LogP contribution in [0.3, 0.4) is 0 Å². The topological polar surface area (TPSA) is 96.0 Å². The normalized spacial score (nSPS) is 12.2. The molecular weight excluding hydrogens is 513 g/mol. The van der Waals surface area contributed by atoms with Gasteiger partial charge >= 0.3 is 0 Å². The Morgan fingerprint density at radius 1 is 1.06 bits per heavy atom. The first kappa shape index (κ1) is 28.7. The summed E-state index contributed by atoms with van der Waals surface area (Å²) in [7, 11) is -3.87. The third kappa shape index (κ3) is 8.02. The summed E-state index contributed by atoms with van der Waals surface area (Å²) in [5.41, 5.74) is 0.872. The van der Waals surface area contributed by atoms with E-state index in [-0.39, 0.29) is 24.2 Å². The molecular formula is C24H31Cl2N3O5S. The summed E-state index contributed by atoms with van der Waals surface area (Å²) in [6.45, 7) is 6.81. The minimum Gasteiger partial charge on any atom is -0.492 e. The quantitative estimate of drug-likeness (QED) is 0.460. The first-order valence-corrected chi connectivity index (χ1v) is 13.7. The van der Waals surface area contributed by atoms with Gasteiger partial charge < -0.3 is 15.0 Å². The Morgan fingerprint density at radius 3 is 2.29 bits per heavy atom. The molecule has 0 heterocycles. The van der Waals surface area contributed by atoms with Crippen LogP contribution >= 0.6 is 23.2 Å². The third-order valence-corrected chi connectivity index (χ3v) is 6.91. The van der Waals surface area contributed by atoms with E-state index in [0.29, 0.717) is 28.0 Å². The number of ether oxygens (including phenoxy) is 1. The number of hydrogen-bond acceptors (Lipinski definition) is 5. The highest BCUT2D eigenvalue weighted by Gasteiger charge is 2.31. The Morgan fingerprint density at radius 2 is 1.71 bits per heavy atom. The fourth-order valence-corrected chi connectivity index (χ4v) is 4.53. The van der Waals surface area contributed by atoms with Crippen LogP contribution in [0.15, 0.2) is 42.5 Å². The second-order valence-electron chi connectivity index (χ2n) is 8.28. The van der Waals surface area contributed by atoms with E-state index in [1.165, 1.54) is 4.90 Å². The molecule has 0 saturated carbocycles. The van der Waals surface area contributed by atoms with Gasteiger partial charge in [0.2, 0.25) is 21.8 Å². The lowest BCUT2D eigenvalue weighted by Gasteiger charge is -2.32. The van der Waals surface area contributed by atoms with Gasteiger partial charge in [0.15, 0.2) is 0 Å². The zero-order valence-corrected chi connectivity index (χ0v) is 22.7. The number of carbonyl (C=O) groups excluding carboxylic acids is 2. The number of carbonyl (C=O) groups is 2. The SMILES string of the molecule is CCOc1ccccc1N(CC(=O)N(Cc1ccc(Cl)c(Cl)c1)[C@H](C)C(=O)NC(C)C)S(C)(=O)=O. The summed E-state index contributed by atoms with van der Waals surface area (Å²) < 4.78 is 32.0. The van der Waals surface area contributed by atoms with Crippen LogP contribution in [0.4, 0.5) is 5.69 Å². The van der Waals surface area contributed by atoms with Crippen molar-refractivity contribution in [1.29, 1.82) is 0 Å². The molecule has 1 atom stereocenters. The van der Waals surface area contributed by atoms with Gasteiger partial charge in [-0.1, -0.05) is 41.4 Å². The molecule has 2 rings (SSSR count). The van der Waals surface area contributed by atoms with E-state index in [0.717, 1.165) is 10.6 Å². The van der Waals surface area contributed by atoms with Crippen molar-refractivity contribution >= 4 is 50.7 Å². The molecule has 0 spiro atoms. The minimum atomic E-state index is -3.87. The Bertz CT molecular complexity index is 1160. The fraction of sp³-hybridized carbons (Fsp3) is 0.417. The average molecular weight is 545 g/mol. The zero-order valence-electron chi connectivity index (χ0n) is 20.4. The van der Waals surface area contributed by atoms with Crippen LogP contribution in [0.1, 0.15) is 33.3 Å². The standard InChI is InChI=1S/C24H31Cl2N3O5S/c1-6-34-22-10-8-7-9-21(22)29(35(5,32)33)15-23(30)28(17(4)24(31)27-16(2)3)14-18-11-12-19(25)20(26)13-18/h7-13,16-17H,6,14-15H2,1-5H3,(H,27,31)/t17-/m1/s1. The van der Waals surface area contributed by atoms with Crippen molar-refractivity contribution in [2.75, 3.05) is 23.7 Å². The molecule has 0 aliphatic carbocycles. The van der Waals surface area contributed by atoms with Crippen LogP contribution in [0, 0.1) is 0 Å². The van der Waals surface area contributed by atoms with Crippen molar-refractivity contribution in [3.05, 3.63) is 58.1 Å². The number of para-hydroxylation sites is 2. The Balaban J connectivity index is 2.46. The molecule has 2 aromatic carbocycles. The van der Waals surface area contributed by atoms with Crippen molar-refractivity contribution in [3.63, 3.8) is 0 Å². The summed E-state index contributed by atoms with van der Waals surface area (Å²) in [4.78, 5) is 27.7. The van der Waals surface area contributed by atoms with E-state index in [2.05, 4.69) is 5.32 Å². The highest BCUT2D eigenvalue weighted by Crippen LogP contribution is 2.30. The smallest absolute Gasteiger partial charge is 0.244 e. The van der Waals surface area contributed by atoms with E-state index in [4.69, 9.17) is 27.9 Å². The molecule has 0 radical (unpaired) electrons. The maximum Gasteiger partial charge on any atom is 0.244 e. The Kier molecular flexibility index (Phi) is 10.2. The van der Waals surface area contributed by atoms with Crippen molar-refractivity contribution in [2.45, 2.75) is 46.3 Å². The average Bonchev–Trinajstić information content (AvgIpc) is 2.77. The van der Waals surface area contributed by atoms with Crippen LogP contribution in [0.5, 0.6) is 5.75 Å². The summed E-state index contributed by atoms with van der Waals surface area (Å²) in [6.07, 6.45) is 1.02. The maximum absolute atomic E-state index is 13.6. The summed E-state index contributed by atoms with van der Waals surface area (Å²) in [5.74, 6) is -0.608. The summed E-state index contributed by atoms with van der Waals surface area (Å²) in [5, 5.41) is 3.45. The van der Waals surface area contributed by atoms with Gasteiger partial charge in [0.05, 0.1) is 28.6 Å². The van der Waals surface area contributed by atoms with E-state index >= 15 is 0 Å². The first-order valence-electron chi connectivity index (χ1n) is 11.1. The first-order chi connectivity index (χ1) is 16.3. The fourth-order valence-electron chi connectivity index (χ4n) is 3.36. The third-order valence-electron chi connectivity index (χ3n) is 5.05. The van der Waals surface area contributed by atoms with Crippen LogP contribution < -0.4 is 14.4 Å². The van der Waals surface area contributed by atoms with E-state index < -0.39 is 28.5 Å². The number of sulfonamides is 1. The van der Waals surface area contributed by atoms with E-state index in [1.54, 1.807) is 56.3 Å². The lowest BCUT2D eigenvalue weighted by atomic mass is 10.1. The molecule has 2 amide bonds. The van der Waals surface area contributed by atoms with Crippen molar-refractivity contribution in [2.24, 2.45) is 0 Å². The number of halogens is 2. The zero-order chi connectivity index (χ0) is 26.3. The molecule has 0 saturated heterocycles. The highest BCUT2D eigenvalue weighted by molar-refractivity contribution is 7.92.